The average molecular weight is 293 g/mol. The Labute approximate surface area is 122 Å². The normalized spacial score (nSPS) is 16.6. The Bertz CT molecular complexity index is 541. The summed E-state index contributed by atoms with van der Waals surface area (Å²) < 4.78 is 0. The highest BCUT2D eigenvalue weighted by atomic mass is 16.6. The van der Waals surface area contributed by atoms with Crippen molar-refractivity contribution in [2.45, 2.75) is 19.4 Å². The third-order valence-corrected chi connectivity index (χ3v) is 3.81. The molecule has 1 saturated heterocycles. The monoisotopic (exact) mass is 293 g/mol. The van der Waals surface area contributed by atoms with Gasteiger partial charge in [-0.15, -0.1) is 0 Å². The number of nitrogens with one attached hydrogen (secondary N) is 1. The summed E-state index contributed by atoms with van der Waals surface area (Å²) in [4.78, 5) is 23.7. The first-order chi connectivity index (χ1) is 10.0. The molecule has 21 heavy (non-hydrogen) atoms. The number of piperidine rings is 1. The van der Waals surface area contributed by atoms with Crippen LogP contribution in [0.1, 0.15) is 18.4 Å². The molecule has 0 bridgehead atoms. The van der Waals surface area contributed by atoms with E-state index in [1.54, 1.807) is 12.1 Å². The van der Waals surface area contributed by atoms with Gasteiger partial charge in [-0.05, 0) is 37.6 Å². The standard InChI is InChI=1S/C13H19N5O3/c14-13(19)10-3-5-17(6-4-10)8-9-1-2-12(18(20)21)11(7-9)16-15/h1-2,7,10,16H,3-6,8,15H2,(H2,14,19). The number of benzene rings is 1. The first-order valence-corrected chi connectivity index (χ1v) is 6.77. The fourth-order valence-electron chi connectivity index (χ4n) is 2.59. The number of carbonyl (C=O) groups excluding carboxylic acids is 1. The number of hydrogen-bond acceptors (Lipinski definition) is 6. The summed E-state index contributed by atoms with van der Waals surface area (Å²) >= 11 is 0. The van der Waals surface area contributed by atoms with Crippen LogP contribution in [0.5, 0.6) is 0 Å². The summed E-state index contributed by atoms with van der Waals surface area (Å²) in [5.74, 6) is 5.04. The van der Waals surface area contributed by atoms with Crippen molar-refractivity contribution >= 4 is 17.3 Å². The van der Waals surface area contributed by atoms with Gasteiger partial charge in [-0.25, -0.2) is 0 Å². The Kier molecular flexibility index (Phi) is 4.71. The molecule has 1 aliphatic rings. The number of hydrazine groups is 1. The minimum absolute atomic E-state index is 0.0422. The minimum atomic E-state index is -0.475. The van der Waals surface area contributed by atoms with E-state index in [1.807, 2.05) is 0 Å². The van der Waals surface area contributed by atoms with Gasteiger partial charge in [0.05, 0.1) is 4.92 Å². The van der Waals surface area contributed by atoms with E-state index in [2.05, 4.69) is 10.3 Å². The second-order valence-electron chi connectivity index (χ2n) is 5.21. The van der Waals surface area contributed by atoms with Gasteiger partial charge in [0.25, 0.3) is 5.69 Å². The number of amides is 1. The van der Waals surface area contributed by atoms with Crippen LogP contribution in [0.4, 0.5) is 11.4 Å². The van der Waals surface area contributed by atoms with Gasteiger partial charge in [-0.2, -0.15) is 0 Å². The molecule has 0 aliphatic carbocycles. The first-order valence-electron chi connectivity index (χ1n) is 6.77. The molecule has 1 amide bonds. The van der Waals surface area contributed by atoms with Crippen LogP contribution in [0, 0.1) is 16.0 Å². The van der Waals surface area contributed by atoms with Crippen LogP contribution in [0.3, 0.4) is 0 Å². The average Bonchev–Trinajstić information content (AvgIpc) is 2.47. The summed E-state index contributed by atoms with van der Waals surface area (Å²) in [5.41, 5.74) is 8.84. The Morgan fingerprint density at radius 1 is 1.43 bits per heavy atom. The Morgan fingerprint density at radius 3 is 2.62 bits per heavy atom. The van der Waals surface area contributed by atoms with Crippen LogP contribution in [0.2, 0.25) is 0 Å². The fourth-order valence-corrected chi connectivity index (χ4v) is 2.59. The molecule has 0 radical (unpaired) electrons. The fraction of sp³-hybridized carbons (Fsp3) is 0.462. The third-order valence-electron chi connectivity index (χ3n) is 3.81. The second kappa shape index (κ2) is 6.51. The summed E-state index contributed by atoms with van der Waals surface area (Å²) in [5, 5.41) is 10.8. The Hall–Kier alpha value is -2.19. The highest BCUT2D eigenvalue weighted by Crippen LogP contribution is 2.26. The van der Waals surface area contributed by atoms with Gasteiger partial charge in [-0.3, -0.25) is 25.7 Å². The zero-order valence-corrected chi connectivity index (χ0v) is 11.6. The quantitative estimate of drug-likeness (QED) is 0.414. The van der Waals surface area contributed by atoms with E-state index in [9.17, 15) is 14.9 Å². The molecule has 1 fully saturated rings. The molecule has 1 heterocycles. The van der Waals surface area contributed by atoms with Crippen LogP contribution < -0.4 is 17.0 Å². The lowest BCUT2D eigenvalue weighted by Crippen LogP contribution is -2.38. The summed E-state index contributed by atoms with van der Waals surface area (Å²) in [6.45, 7) is 2.24. The number of likely N-dealkylation sites (tertiary alicyclic amines) is 1. The van der Waals surface area contributed by atoms with Crippen molar-refractivity contribution in [1.29, 1.82) is 0 Å². The van der Waals surface area contributed by atoms with Crippen molar-refractivity contribution < 1.29 is 9.72 Å². The van der Waals surface area contributed by atoms with Crippen LogP contribution in [-0.2, 0) is 11.3 Å². The first kappa shape index (κ1) is 15.2. The molecule has 0 unspecified atom stereocenters. The van der Waals surface area contributed by atoms with E-state index in [-0.39, 0.29) is 17.5 Å². The van der Waals surface area contributed by atoms with E-state index in [1.165, 1.54) is 6.07 Å². The van der Waals surface area contributed by atoms with Crippen LogP contribution in [0.25, 0.3) is 0 Å². The summed E-state index contributed by atoms with van der Waals surface area (Å²) in [7, 11) is 0. The molecule has 114 valence electrons. The summed E-state index contributed by atoms with van der Waals surface area (Å²) in [6.07, 6.45) is 1.51. The van der Waals surface area contributed by atoms with Crippen LogP contribution in [0.15, 0.2) is 18.2 Å². The van der Waals surface area contributed by atoms with Crippen molar-refractivity contribution in [2.24, 2.45) is 17.5 Å². The number of primary amides is 1. The second-order valence-corrected chi connectivity index (χ2v) is 5.21. The maximum Gasteiger partial charge on any atom is 0.293 e. The van der Waals surface area contributed by atoms with Gasteiger partial charge in [0.1, 0.15) is 5.69 Å². The maximum absolute atomic E-state index is 11.1. The summed E-state index contributed by atoms with van der Waals surface area (Å²) in [6, 6.07) is 4.85. The molecule has 0 aromatic heterocycles. The number of anilines is 1. The van der Waals surface area contributed by atoms with Gasteiger partial charge in [-0.1, -0.05) is 6.07 Å². The zero-order chi connectivity index (χ0) is 15.4. The van der Waals surface area contributed by atoms with Gasteiger partial charge in [0, 0.05) is 18.5 Å². The number of carbonyl (C=O) groups is 1. The molecule has 1 aromatic rings. The van der Waals surface area contributed by atoms with E-state index in [0.717, 1.165) is 31.5 Å². The lowest BCUT2D eigenvalue weighted by molar-refractivity contribution is -0.384. The molecule has 5 N–H and O–H groups in total. The molecule has 0 saturated carbocycles. The molecule has 8 heteroatoms. The van der Waals surface area contributed by atoms with Gasteiger partial charge < -0.3 is 11.2 Å². The molecule has 2 rings (SSSR count). The van der Waals surface area contributed by atoms with Crippen LogP contribution >= 0.6 is 0 Å². The van der Waals surface area contributed by atoms with E-state index in [0.29, 0.717) is 12.2 Å². The molecule has 1 aromatic carbocycles. The number of nitrogen functional groups attached to an aromatic ring is 1. The van der Waals surface area contributed by atoms with Crippen molar-refractivity contribution in [3.05, 3.63) is 33.9 Å². The van der Waals surface area contributed by atoms with Gasteiger partial charge in [0.15, 0.2) is 0 Å². The highest BCUT2D eigenvalue weighted by molar-refractivity contribution is 5.76. The lowest BCUT2D eigenvalue weighted by Gasteiger charge is -2.30. The van der Waals surface area contributed by atoms with Gasteiger partial charge in [0.2, 0.25) is 5.91 Å². The highest BCUT2D eigenvalue weighted by Gasteiger charge is 2.23. The Morgan fingerprint density at radius 2 is 2.10 bits per heavy atom. The molecule has 0 spiro atoms. The molecular weight excluding hydrogens is 274 g/mol. The molecule has 0 atom stereocenters. The van der Waals surface area contributed by atoms with Gasteiger partial charge >= 0.3 is 0 Å². The van der Waals surface area contributed by atoms with Crippen molar-refractivity contribution in [3.8, 4) is 0 Å². The van der Waals surface area contributed by atoms with Crippen molar-refractivity contribution in [2.75, 3.05) is 18.5 Å². The topological polar surface area (TPSA) is 128 Å². The molecular formula is C13H19N5O3. The number of nitro benzene ring substituents is 1. The number of nitrogens with zero attached hydrogens (tertiary/aromatic N) is 2. The van der Waals surface area contributed by atoms with Crippen molar-refractivity contribution in [3.63, 3.8) is 0 Å². The minimum Gasteiger partial charge on any atom is -0.369 e. The van der Waals surface area contributed by atoms with E-state index < -0.39 is 4.92 Å². The number of rotatable bonds is 5. The number of hydrogen-bond donors (Lipinski definition) is 3. The number of nitro groups is 1. The molecule has 8 nitrogen and oxygen atoms in total. The van der Waals surface area contributed by atoms with Crippen molar-refractivity contribution in [1.82, 2.24) is 4.90 Å². The third kappa shape index (κ3) is 3.67. The van der Waals surface area contributed by atoms with E-state index >= 15 is 0 Å². The lowest BCUT2D eigenvalue weighted by atomic mass is 9.96. The SMILES string of the molecule is NNc1cc(CN2CCC(C(N)=O)CC2)ccc1[N+](=O)[O-]. The zero-order valence-electron chi connectivity index (χ0n) is 11.6. The predicted octanol–water partition coefficient (Wildman–Crippen LogP) is 0.578. The Balaban J connectivity index is 2.01. The largest absolute Gasteiger partial charge is 0.369 e. The van der Waals surface area contributed by atoms with Crippen LogP contribution in [-0.4, -0.2) is 28.8 Å². The smallest absolute Gasteiger partial charge is 0.293 e. The number of nitrogens with two attached hydrogens (primary N) is 2. The molecule has 1 aliphatic heterocycles. The van der Waals surface area contributed by atoms with E-state index in [4.69, 9.17) is 11.6 Å². The maximum atomic E-state index is 11.1. The predicted molar refractivity (Wildman–Crippen MR) is 78.1 cm³/mol.